The Labute approximate surface area is 170 Å². The monoisotopic (exact) mass is 432 g/mol. The fourth-order valence-electron chi connectivity index (χ4n) is 2.99. The van der Waals surface area contributed by atoms with E-state index in [0.29, 0.717) is 16.7 Å². The summed E-state index contributed by atoms with van der Waals surface area (Å²) in [4.78, 5) is 17.9. The fourth-order valence-corrected chi connectivity index (χ4v) is 3.25. The van der Waals surface area contributed by atoms with Crippen LogP contribution in [0.5, 0.6) is 5.75 Å². The number of hydrogen-bond acceptors (Lipinski definition) is 3. The highest BCUT2D eigenvalue weighted by Crippen LogP contribution is 2.19. The Morgan fingerprint density at radius 1 is 0.929 bits per heavy atom. The summed E-state index contributed by atoms with van der Waals surface area (Å²) in [6.07, 6.45) is 3.81. The third-order valence-electron chi connectivity index (χ3n) is 4.43. The molecule has 5 heteroatoms. The fraction of sp³-hybridized carbons (Fsp3) is 0.0435. The quantitative estimate of drug-likeness (QED) is 0.437. The van der Waals surface area contributed by atoms with Crippen molar-refractivity contribution in [2.75, 3.05) is 7.11 Å². The number of ether oxygens (including phenoxy) is 1. The van der Waals surface area contributed by atoms with Gasteiger partial charge in [0.15, 0.2) is 0 Å². The third-order valence-corrected chi connectivity index (χ3v) is 4.96. The minimum absolute atomic E-state index is 0.105. The molecule has 3 aromatic carbocycles. The standard InChI is InChI=1S/C23H17BrN2O2/c1-28-19-13-11-18(12-14-19)26-22(15-8-16-6-9-17(24)10-7-16)25-21-5-3-2-4-20(21)23(26)27/h2-15H,1H3/b15-8-. The van der Waals surface area contributed by atoms with Crippen molar-refractivity contribution < 1.29 is 4.74 Å². The molecule has 4 rings (SSSR count). The second-order valence-electron chi connectivity index (χ2n) is 6.21. The largest absolute Gasteiger partial charge is 0.497 e. The van der Waals surface area contributed by atoms with Gasteiger partial charge in [-0.3, -0.25) is 9.36 Å². The van der Waals surface area contributed by atoms with Gasteiger partial charge in [-0.05, 0) is 60.2 Å². The van der Waals surface area contributed by atoms with Gasteiger partial charge in [-0.25, -0.2) is 4.98 Å². The van der Waals surface area contributed by atoms with Gasteiger partial charge in [0, 0.05) is 4.47 Å². The first-order valence-corrected chi connectivity index (χ1v) is 9.55. The first kappa shape index (κ1) is 18.2. The van der Waals surface area contributed by atoms with Crippen molar-refractivity contribution in [3.63, 3.8) is 0 Å². The van der Waals surface area contributed by atoms with Gasteiger partial charge in [-0.2, -0.15) is 0 Å². The normalized spacial score (nSPS) is 11.2. The Morgan fingerprint density at radius 2 is 1.64 bits per heavy atom. The summed E-state index contributed by atoms with van der Waals surface area (Å²) in [6, 6.07) is 22.7. The number of methoxy groups -OCH3 is 1. The number of aromatic nitrogens is 2. The van der Waals surface area contributed by atoms with E-state index < -0.39 is 0 Å². The SMILES string of the molecule is COc1ccc(-n2c(/C=C\c3ccc(Br)cc3)nc3ccccc3c2=O)cc1. The maximum atomic E-state index is 13.2. The lowest BCUT2D eigenvalue weighted by Gasteiger charge is -2.12. The molecule has 0 saturated heterocycles. The van der Waals surface area contributed by atoms with Gasteiger partial charge in [0.1, 0.15) is 11.6 Å². The van der Waals surface area contributed by atoms with Crippen LogP contribution in [-0.2, 0) is 0 Å². The van der Waals surface area contributed by atoms with Crippen LogP contribution in [0.1, 0.15) is 11.4 Å². The second-order valence-corrected chi connectivity index (χ2v) is 7.13. The van der Waals surface area contributed by atoms with E-state index in [2.05, 4.69) is 15.9 Å². The first-order valence-electron chi connectivity index (χ1n) is 8.75. The van der Waals surface area contributed by atoms with Crippen LogP contribution in [0.3, 0.4) is 0 Å². The van der Waals surface area contributed by atoms with Gasteiger partial charge in [0.05, 0.1) is 23.7 Å². The molecular formula is C23H17BrN2O2. The molecule has 0 saturated carbocycles. The van der Waals surface area contributed by atoms with Gasteiger partial charge < -0.3 is 4.74 Å². The lowest BCUT2D eigenvalue weighted by molar-refractivity contribution is 0.414. The Kier molecular flexibility index (Phi) is 5.08. The summed E-state index contributed by atoms with van der Waals surface area (Å²) >= 11 is 3.44. The molecule has 1 aromatic heterocycles. The predicted octanol–water partition coefficient (Wildman–Crippen LogP) is 5.33. The molecule has 0 radical (unpaired) electrons. The summed E-state index contributed by atoms with van der Waals surface area (Å²) in [6.45, 7) is 0. The van der Waals surface area contributed by atoms with E-state index in [1.165, 1.54) is 0 Å². The van der Waals surface area contributed by atoms with Crippen LogP contribution >= 0.6 is 15.9 Å². The van der Waals surface area contributed by atoms with Crippen LogP contribution in [0.15, 0.2) is 82.1 Å². The van der Waals surface area contributed by atoms with Crippen molar-refractivity contribution in [3.8, 4) is 11.4 Å². The zero-order valence-electron chi connectivity index (χ0n) is 15.2. The lowest BCUT2D eigenvalue weighted by Crippen LogP contribution is -2.22. The molecule has 138 valence electrons. The van der Waals surface area contributed by atoms with Crippen LogP contribution in [0.4, 0.5) is 0 Å². The average molecular weight is 433 g/mol. The first-order chi connectivity index (χ1) is 13.7. The summed E-state index contributed by atoms with van der Waals surface area (Å²) in [5.41, 5.74) is 2.32. The van der Waals surface area contributed by atoms with Crippen LogP contribution < -0.4 is 10.3 Å². The van der Waals surface area contributed by atoms with Crippen LogP contribution in [-0.4, -0.2) is 16.7 Å². The summed E-state index contributed by atoms with van der Waals surface area (Å²) in [7, 11) is 1.62. The number of benzene rings is 3. The number of rotatable bonds is 4. The smallest absolute Gasteiger partial charge is 0.266 e. The Bertz CT molecular complexity index is 1210. The van der Waals surface area contributed by atoms with Gasteiger partial charge in [-0.1, -0.05) is 46.3 Å². The molecular weight excluding hydrogens is 416 g/mol. The molecule has 0 aliphatic heterocycles. The number of hydrogen-bond donors (Lipinski definition) is 0. The maximum Gasteiger partial charge on any atom is 0.266 e. The highest BCUT2D eigenvalue weighted by Gasteiger charge is 2.11. The second kappa shape index (κ2) is 7.82. The molecule has 0 bridgehead atoms. The molecule has 28 heavy (non-hydrogen) atoms. The third kappa shape index (κ3) is 3.62. The number of fused-ring (bicyclic) bond motifs is 1. The highest BCUT2D eigenvalue weighted by atomic mass is 79.9. The van der Waals surface area contributed by atoms with E-state index in [1.807, 2.05) is 78.9 Å². The van der Waals surface area contributed by atoms with Crippen molar-refractivity contribution >= 4 is 39.0 Å². The Balaban J connectivity index is 1.89. The molecule has 4 aromatic rings. The Hall–Kier alpha value is -3.18. The van der Waals surface area contributed by atoms with Crippen molar-refractivity contribution in [2.24, 2.45) is 0 Å². The maximum absolute atomic E-state index is 13.2. The van der Waals surface area contributed by atoms with Gasteiger partial charge in [0.25, 0.3) is 5.56 Å². The van der Waals surface area contributed by atoms with Crippen LogP contribution in [0.25, 0.3) is 28.7 Å². The van der Waals surface area contributed by atoms with Crippen molar-refractivity contribution in [1.29, 1.82) is 0 Å². The van der Waals surface area contributed by atoms with Crippen molar-refractivity contribution in [1.82, 2.24) is 9.55 Å². The van der Waals surface area contributed by atoms with E-state index in [0.717, 1.165) is 21.5 Å². The van der Waals surface area contributed by atoms with Crippen molar-refractivity contribution in [2.45, 2.75) is 0 Å². The van der Waals surface area contributed by atoms with E-state index in [9.17, 15) is 4.79 Å². The number of para-hydroxylation sites is 1. The molecule has 0 unspecified atom stereocenters. The van der Waals surface area contributed by atoms with E-state index in [1.54, 1.807) is 17.7 Å². The topological polar surface area (TPSA) is 44.1 Å². The summed E-state index contributed by atoms with van der Waals surface area (Å²) in [5, 5.41) is 0.583. The molecule has 0 N–H and O–H groups in total. The summed E-state index contributed by atoms with van der Waals surface area (Å²) < 4.78 is 7.87. The van der Waals surface area contributed by atoms with E-state index in [4.69, 9.17) is 9.72 Å². The minimum atomic E-state index is -0.105. The van der Waals surface area contributed by atoms with Crippen LogP contribution in [0, 0.1) is 0 Å². The molecule has 0 spiro atoms. The van der Waals surface area contributed by atoms with Gasteiger partial charge in [0.2, 0.25) is 0 Å². The Morgan fingerprint density at radius 3 is 2.36 bits per heavy atom. The molecule has 1 heterocycles. The molecule has 4 nitrogen and oxygen atoms in total. The molecule has 0 aliphatic carbocycles. The molecule has 0 atom stereocenters. The van der Waals surface area contributed by atoms with E-state index >= 15 is 0 Å². The summed E-state index contributed by atoms with van der Waals surface area (Å²) in [5.74, 6) is 1.30. The highest BCUT2D eigenvalue weighted by molar-refractivity contribution is 9.10. The predicted molar refractivity (Wildman–Crippen MR) is 117 cm³/mol. The van der Waals surface area contributed by atoms with Gasteiger partial charge in [-0.15, -0.1) is 0 Å². The van der Waals surface area contributed by atoms with Crippen LogP contribution in [0.2, 0.25) is 0 Å². The minimum Gasteiger partial charge on any atom is -0.497 e. The van der Waals surface area contributed by atoms with Gasteiger partial charge >= 0.3 is 0 Å². The zero-order chi connectivity index (χ0) is 19.5. The molecule has 0 fully saturated rings. The number of halogens is 1. The molecule has 0 aliphatic rings. The van der Waals surface area contributed by atoms with E-state index in [-0.39, 0.29) is 5.56 Å². The zero-order valence-corrected chi connectivity index (χ0v) is 16.8. The molecule has 0 amide bonds. The van der Waals surface area contributed by atoms with Crippen molar-refractivity contribution in [3.05, 3.63) is 99.0 Å². The lowest BCUT2D eigenvalue weighted by atomic mass is 10.2. The average Bonchev–Trinajstić information content (AvgIpc) is 2.74. The number of nitrogens with zero attached hydrogens (tertiary/aromatic N) is 2.